The Hall–Kier alpha value is -2.48. The number of carboxylic acid groups (broad SMARTS) is 1. The van der Waals surface area contributed by atoms with E-state index in [2.05, 4.69) is 4.98 Å². The van der Waals surface area contributed by atoms with Crippen molar-refractivity contribution in [2.24, 2.45) is 0 Å². The fourth-order valence-electron chi connectivity index (χ4n) is 1.41. The molecule has 1 aromatic heterocycles. The first-order valence-electron chi connectivity index (χ1n) is 5.28. The normalized spacial score (nSPS) is 10.2. The number of nitro benzene ring substituents is 1. The molecule has 0 aliphatic carbocycles. The number of hydrogen-bond acceptors (Lipinski definition) is 5. The first kappa shape index (κ1) is 13.9. The number of nitro groups is 1. The van der Waals surface area contributed by atoms with Crippen LogP contribution in [0.5, 0.6) is 0 Å². The van der Waals surface area contributed by atoms with Crippen molar-refractivity contribution in [3.8, 4) is 0 Å². The Labute approximate surface area is 116 Å². The van der Waals surface area contributed by atoms with Crippen LogP contribution in [-0.2, 0) is 0 Å². The van der Waals surface area contributed by atoms with E-state index in [4.69, 9.17) is 5.11 Å². The molecule has 8 heteroatoms. The van der Waals surface area contributed by atoms with Gasteiger partial charge in [-0.05, 0) is 18.2 Å². The summed E-state index contributed by atoms with van der Waals surface area (Å²) in [7, 11) is 0. The zero-order valence-corrected chi connectivity index (χ0v) is 10.6. The Morgan fingerprint density at radius 3 is 2.55 bits per heavy atom. The summed E-state index contributed by atoms with van der Waals surface area (Å²) in [5.74, 6) is -2.03. The second-order valence-corrected chi connectivity index (χ2v) is 4.73. The Morgan fingerprint density at radius 2 is 2.00 bits per heavy atom. The van der Waals surface area contributed by atoms with Crippen LogP contribution in [0.2, 0.25) is 0 Å². The van der Waals surface area contributed by atoms with Crippen LogP contribution in [0, 0.1) is 15.9 Å². The standard InChI is InChI=1S/C12H7FN2O4S/c13-7-5-10(12(16)17)11(14-6-7)20-9-3-1-8(2-4-9)15(18)19/h1-6H,(H,16,17). The van der Waals surface area contributed by atoms with Gasteiger partial charge in [0.1, 0.15) is 10.8 Å². The number of hydrogen-bond donors (Lipinski definition) is 1. The van der Waals surface area contributed by atoms with Gasteiger partial charge in [0.15, 0.2) is 0 Å². The molecule has 0 aliphatic rings. The number of halogens is 1. The maximum atomic E-state index is 13.0. The van der Waals surface area contributed by atoms with Crippen LogP contribution >= 0.6 is 11.8 Å². The monoisotopic (exact) mass is 294 g/mol. The molecule has 1 N–H and O–H groups in total. The summed E-state index contributed by atoms with van der Waals surface area (Å²) in [6.45, 7) is 0. The van der Waals surface area contributed by atoms with E-state index in [9.17, 15) is 19.3 Å². The fraction of sp³-hybridized carbons (Fsp3) is 0. The van der Waals surface area contributed by atoms with E-state index in [0.29, 0.717) is 4.90 Å². The van der Waals surface area contributed by atoms with Gasteiger partial charge in [0.2, 0.25) is 0 Å². The molecule has 0 bridgehead atoms. The van der Waals surface area contributed by atoms with Crippen molar-refractivity contribution < 1.29 is 19.2 Å². The molecule has 0 radical (unpaired) electrons. The van der Waals surface area contributed by atoms with Crippen LogP contribution in [0.15, 0.2) is 46.5 Å². The number of nitrogens with zero attached hydrogens (tertiary/aromatic N) is 2. The van der Waals surface area contributed by atoms with Crippen molar-refractivity contribution in [1.82, 2.24) is 4.98 Å². The third kappa shape index (κ3) is 3.09. The van der Waals surface area contributed by atoms with Crippen LogP contribution in [0.4, 0.5) is 10.1 Å². The fourth-order valence-corrected chi connectivity index (χ4v) is 2.27. The zero-order chi connectivity index (χ0) is 14.7. The molecule has 2 rings (SSSR count). The van der Waals surface area contributed by atoms with E-state index in [0.717, 1.165) is 24.0 Å². The van der Waals surface area contributed by atoms with Gasteiger partial charge in [0.05, 0.1) is 16.7 Å². The molecule has 0 spiro atoms. The quantitative estimate of drug-likeness (QED) is 0.688. The van der Waals surface area contributed by atoms with Crippen molar-refractivity contribution in [2.75, 3.05) is 0 Å². The third-order valence-electron chi connectivity index (χ3n) is 2.31. The summed E-state index contributed by atoms with van der Waals surface area (Å²) in [6, 6.07) is 6.42. The van der Waals surface area contributed by atoms with Crippen LogP contribution in [0.1, 0.15) is 10.4 Å². The van der Waals surface area contributed by atoms with E-state index in [1.54, 1.807) is 0 Å². The number of pyridine rings is 1. The molecule has 0 aliphatic heterocycles. The van der Waals surface area contributed by atoms with E-state index >= 15 is 0 Å². The Kier molecular flexibility index (Phi) is 3.94. The van der Waals surface area contributed by atoms with Gasteiger partial charge < -0.3 is 5.11 Å². The number of aromatic nitrogens is 1. The molecule has 0 atom stereocenters. The highest BCUT2D eigenvalue weighted by Gasteiger charge is 2.14. The van der Waals surface area contributed by atoms with Gasteiger partial charge in [-0.1, -0.05) is 11.8 Å². The van der Waals surface area contributed by atoms with E-state index in [1.165, 1.54) is 24.3 Å². The molecule has 0 amide bonds. The maximum absolute atomic E-state index is 13.0. The Bertz CT molecular complexity index is 676. The number of benzene rings is 1. The van der Waals surface area contributed by atoms with Gasteiger partial charge in [0.25, 0.3) is 5.69 Å². The molecule has 6 nitrogen and oxygen atoms in total. The lowest BCUT2D eigenvalue weighted by Gasteiger charge is -2.04. The highest BCUT2D eigenvalue weighted by atomic mass is 32.2. The van der Waals surface area contributed by atoms with Gasteiger partial charge in [-0.15, -0.1) is 0 Å². The summed E-state index contributed by atoms with van der Waals surface area (Å²) >= 11 is 0.990. The Morgan fingerprint density at radius 1 is 1.35 bits per heavy atom. The number of rotatable bonds is 4. The van der Waals surface area contributed by atoms with Crippen LogP contribution in [0.25, 0.3) is 0 Å². The maximum Gasteiger partial charge on any atom is 0.338 e. The SMILES string of the molecule is O=C(O)c1cc(F)cnc1Sc1ccc([N+](=O)[O-])cc1. The summed E-state index contributed by atoms with van der Waals surface area (Å²) in [5, 5.41) is 19.6. The van der Waals surface area contributed by atoms with Crippen molar-refractivity contribution >= 4 is 23.4 Å². The molecular weight excluding hydrogens is 287 g/mol. The average molecular weight is 294 g/mol. The predicted molar refractivity (Wildman–Crippen MR) is 68.4 cm³/mol. The second-order valence-electron chi connectivity index (χ2n) is 3.66. The molecule has 0 fully saturated rings. The number of carboxylic acids is 1. The minimum absolute atomic E-state index is 0.0696. The largest absolute Gasteiger partial charge is 0.478 e. The molecule has 2 aromatic rings. The summed E-state index contributed by atoms with van der Waals surface area (Å²) < 4.78 is 13.0. The molecule has 1 aromatic carbocycles. The molecule has 0 saturated carbocycles. The molecule has 102 valence electrons. The van der Waals surface area contributed by atoms with Crippen molar-refractivity contribution in [1.29, 1.82) is 0 Å². The van der Waals surface area contributed by atoms with Crippen molar-refractivity contribution in [3.05, 3.63) is 58.0 Å². The number of aromatic carboxylic acids is 1. The van der Waals surface area contributed by atoms with Crippen molar-refractivity contribution in [3.63, 3.8) is 0 Å². The first-order valence-corrected chi connectivity index (χ1v) is 6.10. The van der Waals surface area contributed by atoms with Gasteiger partial charge in [-0.2, -0.15) is 0 Å². The number of carbonyl (C=O) groups is 1. The highest BCUT2D eigenvalue weighted by molar-refractivity contribution is 7.99. The van der Waals surface area contributed by atoms with Gasteiger partial charge in [-0.3, -0.25) is 10.1 Å². The lowest BCUT2D eigenvalue weighted by Crippen LogP contribution is -2.01. The van der Waals surface area contributed by atoms with Gasteiger partial charge in [-0.25, -0.2) is 14.2 Å². The third-order valence-corrected chi connectivity index (χ3v) is 3.34. The lowest BCUT2D eigenvalue weighted by atomic mass is 10.3. The topological polar surface area (TPSA) is 93.3 Å². The zero-order valence-electron chi connectivity index (χ0n) is 9.82. The van der Waals surface area contributed by atoms with E-state index < -0.39 is 16.7 Å². The van der Waals surface area contributed by atoms with Crippen LogP contribution < -0.4 is 0 Å². The minimum atomic E-state index is -1.29. The molecule has 1 heterocycles. The summed E-state index contributed by atoms with van der Waals surface area (Å²) in [4.78, 5) is 25.3. The van der Waals surface area contributed by atoms with E-state index in [-0.39, 0.29) is 16.3 Å². The first-order chi connectivity index (χ1) is 9.47. The number of non-ortho nitro benzene ring substituents is 1. The second kappa shape index (κ2) is 5.66. The Balaban J connectivity index is 2.30. The molecule has 20 heavy (non-hydrogen) atoms. The summed E-state index contributed by atoms with van der Waals surface area (Å²) in [5.41, 5.74) is -0.326. The molecule has 0 unspecified atom stereocenters. The van der Waals surface area contributed by atoms with Gasteiger partial charge in [0, 0.05) is 17.0 Å². The minimum Gasteiger partial charge on any atom is -0.478 e. The lowest BCUT2D eigenvalue weighted by molar-refractivity contribution is -0.384. The summed E-state index contributed by atoms with van der Waals surface area (Å²) in [6.07, 6.45) is 0.917. The predicted octanol–water partition coefficient (Wildman–Crippen LogP) is 2.98. The van der Waals surface area contributed by atoms with Crippen LogP contribution in [-0.4, -0.2) is 21.0 Å². The van der Waals surface area contributed by atoms with Gasteiger partial charge >= 0.3 is 5.97 Å². The van der Waals surface area contributed by atoms with Crippen LogP contribution in [0.3, 0.4) is 0 Å². The smallest absolute Gasteiger partial charge is 0.338 e. The molecular formula is C12H7FN2O4S. The van der Waals surface area contributed by atoms with E-state index in [1.807, 2.05) is 0 Å². The molecule has 0 saturated heterocycles. The highest BCUT2D eigenvalue weighted by Crippen LogP contribution is 2.30. The van der Waals surface area contributed by atoms with Crippen molar-refractivity contribution in [2.45, 2.75) is 9.92 Å². The average Bonchev–Trinajstić information content (AvgIpc) is 2.41.